The number of nitrogens with zero attached hydrogens (tertiary/aromatic N) is 1. The Morgan fingerprint density at radius 2 is 2.00 bits per heavy atom. The molecule has 0 aliphatic carbocycles. The van der Waals surface area contributed by atoms with Gasteiger partial charge in [0.1, 0.15) is 0 Å². The minimum Gasteiger partial charge on any atom is -0.303 e. The molecule has 0 radical (unpaired) electrons. The van der Waals surface area contributed by atoms with Crippen LogP contribution in [0.5, 0.6) is 0 Å². The Hall–Kier alpha value is -1.29. The van der Waals surface area contributed by atoms with Gasteiger partial charge in [-0.05, 0) is 44.0 Å². The fourth-order valence-corrected chi connectivity index (χ4v) is 2.73. The van der Waals surface area contributed by atoms with Crippen molar-refractivity contribution in [2.75, 3.05) is 19.6 Å². The van der Waals surface area contributed by atoms with Gasteiger partial charge in [-0.3, -0.25) is 4.79 Å². The third-order valence-corrected chi connectivity index (χ3v) is 4.19. The summed E-state index contributed by atoms with van der Waals surface area (Å²) in [5, 5.41) is 0. The maximum atomic E-state index is 13.5. The zero-order valence-electron chi connectivity index (χ0n) is 11.9. The first-order valence-corrected chi connectivity index (χ1v) is 7.31. The number of ketones is 1. The molecule has 0 aromatic heterocycles. The summed E-state index contributed by atoms with van der Waals surface area (Å²) in [6.07, 6.45) is 3.79. The summed E-state index contributed by atoms with van der Waals surface area (Å²) in [7, 11) is 0. The summed E-state index contributed by atoms with van der Waals surface area (Å²) in [4.78, 5) is 14.2. The van der Waals surface area contributed by atoms with Gasteiger partial charge < -0.3 is 4.90 Å². The Morgan fingerprint density at radius 3 is 2.65 bits per heavy atom. The van der Waals surface area contributed by atoms with Crippen LogP contribution in [-0.2, 0) is 0 Å². The van der Waals surface area contributed by atoms with E-state index in [1.807, 2.05) is 0 Å². The highest BCUT2D eigenvalue weighted by Crippen LogP contribution is 2.20. The molecule has 0 unspecified atom stereocenters. The van der Waals surface area contributed by atoms with E-state index < -0.39 is 11.6 Å². The molecule has 110 valence electrons. The van der Waals surface area contributed by atoms with E-state index in [-0.39, 0.29) is 17.8 Å². The van der Waals surface area contributed by atoms with Crippen molar-refractivity contribution in [1.29, 1.82) is 0 Å². The van der Waals surface area contributed by atoms with Crippen LogP contribution in [0.15, 0.2) is 18.2 Å². The number of Topliss-reactive ketones (excluding diaryl/α,β-unsaturated/α-hetero) is 1. The Labute approximate surface area is 118 Å². The van der Waals surface area contributed by atoms with E-state index in [2.05, 4.69) is 11.8 Å². The second-order valence-corrected chi connectivity index (χ2v) is 5.47. The number of benzene rings is 1. The van der Waals surface area contributed by atoms with Gasteiger partial charge in [0.2, 0.25) is 0 Å². The van der Waals surface area contributed by atoms with Gasteiger partial charge in [-0.1, -0.05) is 19.4 Å². The zero-order chi connectivity index (χ0) is 14.5. The van der Waals surface area contributed by atoms with Crippen LogP contribution in [0.1, 0.15) is 43.0 Å². The lowest BCUT2D eigenvalue weighted by Crippen LogP contribution is -2.35. The van der Waals surface area contributed by atoms with Crippen molar-refractivity contribution in [2.24, 2.45) is 5.92 Å². The van der Waals surface area contributed by atoms with E-state index in [0.717, 1.165) is 25.1 Å². The predicted molar refractivity (Wildman–Crippen MR) is 74.8 cm³/mol. The number of carbonyl (C=O) groups excluding carboxylic acids is 1. The van der Waals surface area contributed by atoms with Crippen LogP contribution < -0.4 is 0 Å². The lowest BCUT2D eigenvalue weighted by Gasteiger charge is -2.31. The minimum atomic E-state index is -1.03. The standard InChI is InChI=1S/C16H21F2NO/c1-2-12-6-9-19(10-7-12)11-8-15(20)13-4-3-5-14(17)16(13)18/h3-5,12H,2,6-11H2,1H3. The highest BCUT2D eigenvalue weighted by atomic mass is 19.2. The van der Waals surface area contributed by atoms with E-state index in [9.17, 15) is 13.6 Å². The summed E-state index contributed by atoms with van der Waals surface area (Å²) in [6.45, 7) is 4.83. The number of piperidine rings is 1. The molecular formula is C16H21F2NO. The molecule has 1 heterocycles. The third-order valence-electron chi connectivity index (χ3n) is 4.19. The van der Waals surface area contributed by atoms with E-state index in [4.69, 9.17) is 0 Å². The Balaban J connectivity index is 1.85. The average Bonchev–Trinajstić information content (AvgIpc) is 2.48. The first-order chi connectivity index (χ1) is 9.61. The topological polar surface area (TPSA) is 20.3 Å². The number of halogens is 2. The van der Waals surface area contributed by atoms with Gasteiger partial charge in [-0.25, -0.2) is 8.78 Å². The number of rotatable bonds is 5. The van der Waals surface area contributed by atoms with Gasteiger partial charge >= 0.3 is 0 Å². The second-order valence-electron chi connectivity index (χ2n) is 5.47. The Morgan fingerprint density at radius 1 is 1.30 bits per heavy atom. The number of carbonyl (C=O) groups is 1. The maximum absolute atomic E-state index is 13.5. The van der Waals surface area contributed by atoms with Crippen molar-refractivity contribution in [3.05, 3.63) is 35.4 Å². The van der Waals surface area contributed by atoms with Gasteiger partial charge in [-0.2, -0.15) is 0 Å². The normalized spacial score (nSPS) is 17.4. The maximum Gasteiger partial charge on any atom is 0.169 e. The molecule has 2 nitrogen and oxygen atoms in total. The monoisotopic (exact) mass is 281 g/mol. The van der Waals surface area contributed by atoms with Crippen LogP contribution in [0.25, 0.3) is 0 Å². The highest BCUT2D eigenvalue weighted by Gasteiger charge is 2.20. The van der Waals surface area contributed by atoms with Crippen molar-refractivity contribution in [2.45, 2.75) is 32.6 Å². The summed E-state index contributed by atoms with van der Waals surface area (Å²) in [6, 6.07) is 3.75. The van der Waals surface area contributed by atoms with E-state index >= 15 is 0 Å². The first-order valence-electron chi connectivity index (χ1n) is 7.31. The van der Waals surface area contributed by atoms with Gasteiger partial charge in [-0.15, -0.1) is 0 Å². The second kappa shape index (κ2) is 6.93. The van der Waals surface area contributed by atoms with Crippen LogP contribution in [0.4, 0.5) is 8.78 Å². The lowest BCUT2D eigenvalue weighted by atomic mass is 9.94. The molecule has 1 aliphatic heterocycles. The predicted octanol–water partition coefficient (Wildman–Crippen LogP) is 3.66. The van der Waals surface area contributed by atoms with Crippen LogP contribution >= 0.6 is 0 Å². The molecule has 0 bridgehead atoms. The third kappa shape index (κ3) is 3.63. The molecule has 4 heteroatoms. The van der Waals surface area contributed by atoms with Crippen LogP contribution in [0.3, 0.4) is 0 Å². The number of likely N-dealkylation sites (tertiary alicyclic amines) is 1. The molecular weight excluding hydrogens is 260 g/mol. The van der Waals surface area contributed by atoms with E-state index in [1.165, 1.54) is 31.4 Å². The van der Waals surface area contributed by atoms with Crippen molar-refractivity contribution in [3.8, 4) is 0 Å². The quantitative estimate of drug-likeness (QED) is 0.768. The van der Waals surface area contributed by atoms with Gasteiger partial charge in [0.25, 0.3) is 0 Å². The number of hydrogen-bond donors (Lipinski definition) is 0. The molecule has 0 saturated carbocycles. The van der Waals surface area contributed by atoms with Gasteiger partial charge in [0, 0.05) is 13.0 Å². The Bertz CT molecular complexity index is 468. The smallest absolute Gasteiger partial charge is 0.169 e. The van der Waals surface area contributed by atoms with Gasteiger partial charge in [0.15, 0.2) is 17.4 Å². The molecule has 0 spiro atoms. The molecule has 0 atom stereocenters. The molecule has 20 heavy (non-hydrogen) atoms. The molecule has 0 amide bonds. The van der Waals surface area contributed by atoms with Crippen molar-refractivity contribution in [3.63, 3.8) is 0 Å². The zero-order valence-corrected chi connectivity index (χ0v) is 11.9. The molecule has 1 fully saturated rings. The van der Waals surface area contributed by atoms with E-state index in [0.29, 0.717) is 6.54 Å². The summed E-state index contributed by atoms with van der Waals surface area (Å²) in [5.41, 5.74) is -0.131. The van der Waals surface area contributed by atoms with Crippen molar-refractivity contribution >= 4 is 5.78 Å². The van der Waals surface area contributed by atoms with E-state index in [1.54, 1.807) is 0 Å². The largest absolute Gasteiger partial charge is 0.303 e. The fraction of sp³-hybridized carbons (Fsp3) is 0.562. The number of hydrogen-bond acceptors (Lipinski definition) is 2. The van der Waals surface area contributed by atoms with Crippen LogP contribution in [0.2, 0.25) is 0 Å². The molecule has 1 aromatic rings. The molecule has 1 aromatic carbocycles. The van der Waals surface area contributed by atoms with Crippen LogP contribution in [0, 0.1) is 17.6 Å². The SMILES string of the molecule is CCC1CCN(CCC(=O)c2cccc(F)c2F)CC1. The Kier molecular flexibility index (Phi) is 5.24. The molecule has 1 aliphatic rings. The summed E-state index contributed by atoms with van der Waals surface area (Å²) >= 11 is 0. The van der Waals surface area contributed by atoms with Crippen molar-refractivity contribution < 1.29 is 13.6 Å². The summed E-state index contributed by atoms with van der Waals surface area (Å²) < 4.78 is 26.6. The average molecular weight is 281 g/mol. The van der Waals surface area contributed by atoms with Crippen molar-refractivity contribution in [1.82, 2.24) is 4.90 Å². The fourth-order valence-electron chi connectivity index (χ4n) is 2.73. The summed E-state index contributed by atoms with van der Waals surface area (Å²) in [5.74, 6) is -1.51. The molecule has 2 rings (SSSR count). The van der Waals surface area contributed by atoms with Gasteiger partial charge in [0.05, 0.1) is 5.56 Å². The molecule has 1 saturated heterocycles. The lowest BCUT2D eigenvalue weighted by molar-refractivity contribution is 0.0945. The molecule has 0 N–H and O–H groups in total. The highest BCUT2D eigenvalue weighted by molar-refractivity contribution is 5.96. The van der Waals surface area contributed by atoms with Crippen LogP contribution in [-0.4, -0.2) is 30.3 Å². The first kappa shape index (κ1) is 15.1. The minimum absolute atomic E-state index is 0.131.